The topological polar surface area (TPSA) is 48.4 Å². The van der Waals surface area contributed by atoms with Crippen LogP contribution in [-0.4, -0.2) is 25.2 Å². The van der Waals surface area contributed by atoms with Gasteiger partial charge in [-0.1, -0.05) is 13.3 Å². The molecule has 1 aromatic rings. The predicted molar refractivity (Wildman–Crippen MR) is 62.8 cm³/mol. The number of nitrogens with zero attached hydrogens (tertiary/aromatic N) is 1. The first-order valence-corrected chi connectivity index (χ1v) is 6.04. The lowest BCUT2D eigenvalue weighted by Crippen LogP contribution is -2.05. The fourth-order valence-corrected chi connectivity index (χ4v) is 2.47. The molecule has 0 aromatic carbocycles. The minimum Gasteiger partial charge on any atom is -0.464 e. The molecule has 0 fully saturated rings. The molecular weight excluding hydrogens is 226 g/mol. The lowest BCUT2D eigenvalue weighted by Gasteiger charge is -2.10. The van der Waals surface area contributed by atoms with Crippen LogP contribution in [0.5, 0.6) is 0 Å². The number of aromatic nitrogens is 1. The van der Waals surface area contributed by atoms with Gasteiger partial charge in [0.1, 0.15) is 11.1 Å². The van der Waals surface area contributed by atoms with E-state index in [9.17, 15) is 4.79 Å². The van der Waals surface area contributed by atoms with Gasteiger partial charge in [0.15, 0.2) is 5.69 Å². The lowest BCUT2D eigenvalue weighted by molar-refractivity contribution is 0.0591. The number of thiazole rings is 1. The fraction of sp³-hybridized carbons (Fsp3) is 0.636. The molecule has 4 nitrogen and oxygen atoms in total. The maximum atomic E-state index is 11.4. The molecule has 1 aromatic heterocycles. The van der Waals surface area contributed by atoms with Crippen LogP contribution in [0.25, 0.3) is 0 Å². The highest BCUT2D eigenvalue weighted by Crippen LogP contribution is 2.28. The smallest absolute Gasteiger partial charge is 0.357 e. The second-order valence-corrected chi connectivity index (χ2v) is 4.70. The summed E-state index contributed by atoms with van der Waals surface area (Å²) in [6, 6.07) is 0. The summed E-state index contributed by atoms with van der Waals surface area (Å²) in [6.45, 7) is 3.96. The lowest BCUT2D eigenvalue weighted by atomic mass is 10.2. The molecular formula is C11H17NO3S. The van der Waals surface area contributed by atoms with Gasteiger partial charge in [0, 0.05) is 12.0 Å². The Hall–Kier alpha value is -0.940. The Bertz CT molecular complexity index is 362. The van der Waals surface area contributed by atoms with Gasteiger partial charge in [-0.25, -0.2) is 9.78 Å². The van der Waals surface area contributed by atoms with Gasteiger partial charge in [-0.05, 0) is 13.3 Å². The Labute approximate surface area is 99.6 Å². The molecule has 0 aliphatic carbocycles. The summed E-state index contributed by atoms with van der Waals surface area (Å²) < 4.78 is 10.0. The van der Waals surface area contributed by atoms with Crippen molar-refractivity contribution in [3.63, 3.8) is 0 Å². The van der Waals surface area contributed by atoms with Gasteiger partial charge in [0.2, 0.25) is 0 Å². The van der Waals surface area contributed by atoms with E-state index < -0.39 is 0 Å². The third-order valence-corrected chi connectivity index (χ3v) is 3.37. The predicted octanol–water partition coefficient (Wildman–Crippen LogP) is 2.73. The van der Waals surface area contributed by atoms with Gasteiger partial charge in [0.25, 0.3) is 0 Å². The number of esters is 1. The van der Waals surface area contributed by atoms with E-state index in [1.165, 1.54) is 18.4 Å². The van der Waals surface area contributed by atoms with Crippen molar-refractivity contribution >= 4 is 17.3 Å². The van der Waals surface area contributed by atoms with Gasteiger partial charge in [-0.2, -0.15) is 0 Å². The average Bonchev–Trinajstić information content (AvgIpc) is 2.67. The van der Waals surface area contributed by atoms with E-state index in [1.54, 1.807) is 7.11 Å². The molecule has 1 rings (SSSR count). The highest BCUT2D eigenvalue weighted by atomic mass is 32.1. The highest BCUT2D eigenvalue weighted by Gasteiger charge is 2.20. The fourth-order valence-electron chi connectivity index (χ4n) is 1.45. The van der Waals surface area contributed by atoms with E-state index in [0.29, 0.717) is 5.69 Å². The van der Waals surface area contributed by atoms with Crippen LogP contribution in [0.2, 0.25) is 0 Å². The zero-order valence-corrected chi connectivity index (χ0v) is 10.9. The summed E-state index contributed by atoms with van der Waals surface area (Å²) >= 11 is 1.49. The molecule has 5 heteroatoms. The number of hydrogen-bond acceptors (Lipinski definition) is 5. The summed E-state index contributed by atoms with van der Waals surface area (Å²) in [5.41, 5.74) is 0.403. The standard InChI is InChI=1S/C11H17NO3S/c1-5-6-8(14-3)10-12-9(7(2)16-10)11(13)15-4/h8H,5-6H2,1-4H3. The minimum absolute atomic E-state index is 0.0212. The quantitative estimate of drug-likeness (QED) is 0.746. The van der Waals surface area contributed by atoms with Crippen LogP contribution < -0.4 is 0 Å². The van der Waals surface area contributed by atoms with Gasteiger partial charge in [-0.15, -0.1) is 11.3 Å². The molecule has 0 saturated carbocycles. The molecule has 1 atom stereocenters. The van der Waals surface area contributed by atoms with E-state index in [0.717, 1.165) is 22.7 Å². The van der Waals surface area contributed by atoms with Gasteiger partial charge in [0.05, 0.1) is 7.11 Å². The molecule has 0 saturated heterocycles. The number of ether oxygens (including phenoxy) is 2. The van der Waals surface area contributed by atoms with Gasteiger partial charge in [-0.3, -0.25) is 0 Å². The monoisotopic (exact) mass is 243 g/mol. The van der Waals surface area contributed by atoms with Crippen LogP contribution in [0.4, 0.5) is 0 Å². The molecule has 0 aliphatic rings. The normalized spacial score (nSPS) is 12.5. The SMILES string of the molecule is CCCC(OC)c1nc(C(=O)OC)c(C)s1. The van der Waals surface area contributed by atoms with Gasteiger partial charge >= 0.3 is 5.97 Å². The van der Waals surface area contributed by atoms with Crippen molar-refractivity contribution in [1.82, 2.24) is 4.98 Å². The van der Waals surface area contributed by atoms with Crippen LogP contribution in [0, 0.1) is 6.92 Å². The summed E-state index contributed by atoms with van der Waals surface area (Å²) in [6.07, 6.45) is 1.90. The van der Waals surface area contributed by atoms with Crippen molar-refractivity contribution in [3.8, 4) is 0 Å². The summed E-state index contributed by atoms with van der Waals surface area (Å²) in [5, 5.41) is 0.849. The molecule has 90 valence electrons. The molecule has 0 spiro atoms. The number of rotatable bonds is 5. The van der Waals surface area contributed by atoms with E-state index in [1.807, 2.05) is 6.92 Å². The van der Waals surface area contributed by atoms with Gasteiger partial charge < -0.3 is 9.47 Å². The maximum Gasteiger partial charge on any atom is 0.357 e. The van der Waals surface area contributed by atoms with E-state index in [4.69, 9.17) is 4.74 Å². The molecule has 0 aliphatic heterocycles. The molecule has 1 unspecified atom stereocenters. The minimum atomic E-state index is -0.383. The highest BCUT2D eigenvalue weighted by molar-refractivity contribution is 7.11. The summed E-state index contributed by atoms with van der Waals surface area (Å²) in [4.78, 5) is 16.6. The van der Waals surface area contributed by atoms with Crippen molar-refractivity contribution in [2.45, 2.75) is 32.8 Å². The number of aryl methyl sites for hydroxylation is 1. The molecule has 0 amide bonds. The van der Waals surface area contributed by atoms with Crippen molar-refractivity contribution in [3.05, 3.63) is 15.6 Å². The molecule has 0 radical (unpaired) electrons. The van der Waals surface area contributed by atoms with Crippen LogP contribution in [0.1, 0.15) is 46.2 Å². The Balaban J connectivity index is 2.94. The first-order valence-electron chi connectivity index (χ1n) is 5.22. The Morgan fingerprint density at radius 1 is 1.50 bits per heavy atom. The Kier molecular flexibility index (Phi) is 4.89. The third-order valence-electron chi connectivity index (χ3n) is 2.30. The number of carbonyl (C=O) groups is 1. The van der Waals surface area contributed by atoms with Crippen LogP contribution in [-0.2, 0) is 9.47 Å². The third kappa shape index (κ3) is 2.80. The Morgan fingerprint density at radius 2 is 2.19 bits per heavy atom. The second-order valence-electron chi connectivity index (χ2n) is 3.46. The van der Waals surface area contributed by atoms with Crippen molar-refractivity contribution in [1.29, 1.82) is 0 Å². The Morgan fingerprint density at radius 3 is 2.69 bits per heavy atom. The molecule has 1 heterocycles. The van der Waals surface area contributed by atoms with E-state index in [2.05, 4.69) is 16.6 Å². The van der Waals surface area contributed by atoms with E-state index in [-0.39, 0.29) is 12.1 Å². The van der Waals surface area contributed by atoms with Crippen LogP contribution >= 0.6 is 11.3 Å². The molecule has 16 heavy (non-hydrogen) atoms. The first-order chi connectivity index (χ1) is 7.63. The summed E-state index contributed by atoms with van der Waals surface area (Å²) in [7, 11) is 3.02. The van der Waals surface area contributed by atoms with Crippen molar-refractivity contribution in [2.24, 2.45) is 0 Å². The van der Waals surface area contributed by atoms with Crippen LogP contribution in [0.3, 0.4) is 0 Å². The number of hydrogen-bond donors (Lipinski definition) is 0. The first kappa shape index (κ1) is 13.1. The van der Waals surface area contributed by atoms with Crippen molar-refractivity contribution in [2.75, 3.05) is 14.2 Å². The van der Waals surface area contributed by atoms with Crippen LogP contribution in [0.15, 0.2) is 0 Å². The molecule has 0 N–H and O–H groups in total. The van der Waals surface area contributed by atoms with Crippen molar-refractivity contribution < 1.29 is 14.3 Å². The zero-order valence-electron chi connectivity index (χ0n) is 10.1. The zero-order chi connectivity index (χ0) is 12.1. The maximum absolute atomic E-state index is 11.4. The molecule has 0 bridgehead atoms. The summed E-state index contributed by atoms with van der Waals surface area (Å²) in [5.74, 6) is -0.383. The van der Waals surface area contributed by atoms with E-state index >= 15 is 0 Å². The second kappa shape index (κ2) is 5.96. The number of methoxy groups -OCH3 is 2. The average molecular weight is 243 g/mol. The number of carbonyl (C=O) groups excluding carboxylic acids is 1. The largest absolute Gasteiger partial charge is 0.464 e.